The first-order valence-corrected chi connectivity index (χ1v) is 15.4. The van der Waals surface area contributed by atoms with Crippen LogP contribution >= 0.6 is 0 Å². The van der Waals surface area contributed by atoms with Crippen LogP contribution in [0.5, 0.6) is 0 Å². The van der Waals surface area contributed by atoms with Crippen molar-refractivity contribution in [1.82, 2.24) is 0 Å². The molecule has 0 N–H and O–H groups in total. The van der Waals surface area contributed by atoms with E-state index in [1.54, 1.807) is 0 Å². The van der Waals surface area contributed by atoms with E-state index in [2.05, 4.69) is 6.92 Å². The van der Waals surface area contributed by atoms with Crippen LogP contribution in [0.25, 0.3) is 0 Å². The summed E-state index contributed by atoms with van der Waals surface area (Å²) in [5.41, 5.74) is 0. The molecular weight excluding hydrogens is 436 g/mol. The van der Waals surface area contributed by atoms with E-state index in [4.69, 9.17) is 9.47 Å². The zero-order chi connectivity index (χ0) is 24.7. The highest BCUT2D eigenvalue weighted by molar-refractivity contribution is 5.70. The van der Waals surface area contributed by atoms with Crippen LogP contribution in [-0.4, -0.2) is 25.2 Å². The molecule has 3 aliphatic carbocycles. The van der Waals surface area contributed by atoms with Gasteiger partial charge >= 0.3 is 11.9 Å². The first-order chi connectivity index (χ1) is 17.1. The fourth-order valence-electron chi connectivity index (χ4n) is 5.94. The molecule has 0 bridgehead atoms. The number of esters is 2. The van der Waals surface area contributed by atoms with Gasteiger partial charge in [0.15, 0.2) is 0 Å². The highest BCUT2D eigenvalue weighted by Crippen LogP contribution is 2.38. The highest BCUT2D eigenvalue weighted by atomic mass is 16.5. The third-order valence-corrected chi connectivity index (χ3v) is 8.77. The standard InChI is InChI=1S/C31H54O4/c1-25-22-28(23-30(32)34-20-10-6-2-4-8-12-26-14-15-26)18-19-29(25)24-31(33)35-21-11-7-3-5-9-13-27-16-17-27/h25-29H,2-24H2,1H3. The lowest BCUT2D eigenvalue weighted by Gasteiger charge is -2.33. The van der Waals surface area contributed by atoms with Gasteiger partial charge in [-0.1, -0.05) is 96.8 Å². The number of carbonyl (C=O) groups is 2. The Kier molecular flexibility index (Phi) is 13.6. The number of ether oxygens (including phenoxy) is 2. The van der Waals surface area contributed by atoms with E-state index in [9.17, 15) is 9.59 Å². The van der Waals surface area contributed by atoms with E-state index in [1.807, 2.05) is 0 Å². The molecule has 0 spiro atoms. The zero-order valence-electron chi connectivity index (χ0n) is 22.8. The van der Waals surface area contributed by atoms with Crippen molar-refractivity contribution in [2.75, 3.05) is 13.2 Å². The third-order valence-electron chi connectivity index (χ3n) is 8.77. The molecular formula is C31H54O4. The Hall–Kier alpha value is -1.06. The van der Waals surface area contributed by atoms with Gasteiger partial charge in [0, 0.05) is 12.8 Å². The number of carbonyl (C=O) groups excluding carboxylic acids is 2. The molecule has 202 valence electrons. The Morgan fingerprint density at radius 2 is 1.03 bits per heavy atom. The molecule has 0 heterocycles. The van der Waals surface area contributed by atoms with E-state index in [1.165, 1.54) is 89.9 Å². The van der Waals surface area contributed by atoms with Crippen molar-refractivity contribution in [2.45, 2.75) is 142 Å². The van der Waals surface area contributed by atoms with Crippen molar-refractivity contribution in [3.8, 4) is 0 Å². The van der Waals surface area contributed by atoms with Crippen LogP contribution in [0.3, 0.4) is 0 Å². The second-order valence-corrected chi connectivity index (χ2v) is 12.3. The summed E-state index contributed by atoms with van der Waals surface area (Å²) in [7, 11) is 0. The Labute approximate surface area is 215 Å². The summed E-state index contributed by atoms with van der Waals surface area (Å²) < 4.78 is 11.0. The van der Waals surface area contributed by atoms with Gasteiger partial charge < -0.3 is 9.47 Å². The van der Waals surface area contributed by atoms with E-state index in [-0.39, 0.29) is 11.9 Å². The van der Waals surface area contributed by atoms with Crippen molar-refractivity contribution in [1.29, 1.82) is 0 Å². The van der Waals surface area contributed by atoms with Gasteiger partial charge in [-0.05, 0) is 61.7 Å². The smallest absolute Gasteiger partial charge is 0.306 e. The minimum Gasteiger partial charge on any atom is -0.466 e. The van der Waals surface area contributed by atoms with Crippen molar-refractivity contribution in [3.63, 3.8) is 0 Å². The van der Waals surface area contributed by atoms with Gasteiger partial charge in [-0.25, -0.2) is 0 Å². The maximum Gasteiger partial charge on any atom is 0.306 e. The molecule has 0 amide bonds. The molecule has 35 heavy (non-hydrogen) atoms. The van der Waals surface area contributed by atoms with E-state index < -0.39 is 0 Å². The number of hydrogen-bond acceptors (Lipinski definition) is 4. The molecule has 3 saturated carbocycles. The lowest BCUT2D eigenvalue weighted by atomic mass is 9.72. The van der Waals surface area contributed by atoms with Gasteiger partial charge in [0.25, 0.3) is 0 Å². The van der Waals surface area contributed by atoms with Gasteiger partial charge in [-0.3, -0.25) is 9.59 Å². The second-order valence-electron chi connectivity index (χ2n) is 12.3. The molecule has 0 aromatic carbocycles. The third kappa shape index (κ3) is 13.7. The van der Waals surface area contributed by atoms with Crippen molar-refractivity contribution >= 4 is 11.9 Å². The lowest BCUT2D eigenvalue weighted by molar-refractivity contribution is -0.147. The minimum absolute atomic E-state index is 0.0265. The number of hydrogen-bond donors (Lipinski definition) is 0. The normalized spacial score (nSPS) is 24.3. The lowest BCUT2D eigenvalue weighted by Crippen LogP contribution is -2.27. The SMILES string of the molecule is CC1CC(CC(=O)OCCCCCCCC2CC2)CCC1CC(=O)OCCCCCCCC1CC1. The Balaban J connectivity index is 1.12. The molecule has 3 atom stereocenters. The summed E-state index contributed by atoms with van der Waals surface area (Å²) in [6.07, 6.45) is 25.2. The molecule has 4 nitrogen and oxygen atoms in total. The summed E-state index contributed by atoms with van der Waals surface area (Å²) in [6.45, 7) is 3.40. The molecule has 3 aliphatic rings. The average molecular weight is 491 g/mol. The van der Waals surface area contributed by atoms with E-state index >= 15 is 0 Å². The molecule has 3 rings (SSSR count). The molecule has 3 fully saturated rings. The number of unbranched alkanes of at least 4 members (excludes halogenated alkanes) is 8. The fraction of sp³-hybridized carbons (Fsp3) is 0.935. The monoisotopic (exact) mass is 490 g/mol. The van der Waals surface area contributed by atoms with E-state index in [0.717, 1.165) is 43.9 Å². The van der Waals surface area contributed by atoms with Gasteiger partial charge in [0.1, 0.15) is 0 Å². The topological polar surface area (TPSA) is 52.6 Å². The second kappa shape index (κ2) is 16.6. The predicted molar refractivity (Wildman–Crippen MR) is 142 cm³/mol. The van der Waals surface area contributed by atoms with Crippen LogP contribution in [0.1, 0.15) is 142 Å². The Bertz CT molecular complexity index is 595. The predicted octanol–water partition coefficient (Wildman–Crippen LogP) is 8.41. The maximum atomic E-state index is 12.3. The van der Waals surface area contributed by atoms with Crippen LogP contribution in [0.4, 0.5) is 0 Å². The molecule has 0 aliphatic heterocycles. The molecule has 0 radical (unpaired) electrons. The molecule has 4 heteroatoms. The first-order valence-electron chi connectivity index (χ1n) is 15.4. The van der Waals surface area contributed by atoms with Crippen LogP contribution in [0, 0.1) is 29.6 Å². The Morgan fingerprint density at radius 1 is 0.571 bits per heavy atom. The first kappa shape index (κ1) is 28.5. The fourth-order valence-corrected chi connectivity index (χ4v) is 5.94. The molecule has 3 unspecified atom stereocenters. The zero-order valence-corrected chi connectivity index (χ0v) is 22.8. The van der Waals surface area contributed by atoms with Crippen molar-refractivity contribution < 1.29 is 19.1 Å². The van der Waals surface area contributed by atoms with Gasteiger partial charge in [-0.2, -0.15) is 0 Å². The number of rotatable bonds is 20. The largest absolute Gasteiger partial charge is 0.466 e. The van der Waals surface area contributed by atoms with Crippen molar-refractivity contribution in [2.24, 2.45) is 29.6 Å². The van der Waals surface area contributed by atoms with Gasteiger partial charge in [0.05, 0.1) is 13.2 Å². The molecule has 0 aromatic rings. The quantitative estimate of drug-likeness (QED) is 0.127. The van der Waals surface area contributed by atoms with Crippen molar-refractivity contribution in [3.05, 3.63) is 0 Å². The highest BCUT2D eigenvalue weighted by Gasteiger charge is 2.31. The van der Waals surface area contributed by atoms with Crippen LogP contribution in [-0.2, 0) is 19.1 Å². The van der Waals surface area contributed by atoms with E-state index in [0.29, 0.717) is 43.8 Å². The minimum atomic E-state index is -0.0269. The molecule has 0 aromatic heterocycles. The summed E-state index contributed by atoms with van der Waals surface area (Å²) in [5, 5.41) is 0. The summed E-state index contributed by atoms with van der Waals surface area (Å²) in [6, 6.07) is 0. The Morgan fingerprint density at radius 3 is 1.54 bits per heavy atom. The van der Waals surface area contributed by atoms with Gasteiger partial charge in [0.2, 0.25) is 0 Å². The maximum absolute atomic E-state index is 12.3. The van der Waals surface area contributed by atoms with Crippen LogP contribution in [0.15, 0.2) is 0 Å². The average Bonchev–Trinajstić information content (AvgIpc) is 3.75. The summed E-state index contributed by atoms with van der Waals surface area (Å²) in [5.74, 6) is 3.32. The molecule has 0 saturated heterocycles. The summed E-state index contributed by atoms with van der Waals surface area (Å²) >= 11 is 0. The van der Waals surface area contributed by atoms with Crippen LogP contribution < -0.4 is 0 Å². The summed E-state index contributed by atoms with van der Waals surface area (Å²) in [4.78, 5) is 24.6. The van der Waals surface area contributed by atoms with Crippen LogP contribution in [0.2, 0.25) is 0 Å². The van der Waals surface area contributed by atoms with Gasteiger partial charge in [-0.15, -0.1) is 0 Å².